The van der Waals surface area contributed by atoms with Crippen LogP contribution in [0.3, 0.4) is 0 Å². The highest BCUT2D eigenvalue weighted by Crippen LogP contribution is 2.34. The van der Waals surface area contributed by atoms with Crippen LogP contribution in [0.4, 0.5) is 10.8 Å². The summed E-state index contributed by atoms with van der Waals surface area (Å²) in [6, 6.07) is 12.9. The van der Waals surface area contributed by atoms with Gasteiger partial charge in [-0.2, -0.15) is 0 Å². The Balaban J connectivity index is 1.40. The minimum Gasteiger partial charge on any atom is -0.493 e. The number of nitrogens with one attached hydrogen (secondary N) is 1. The number of thiazole rings is 1. The van der Waals surface area contributed by atoms with Crippen molar-refractivity contribution in [3.05, 3.63) is 64.1 Å². The number of carbonyl (C=O) groups excluding carboxylic acids is 2. The molecule has 1 unspecified atom stereocenters. The van der Waals surface area contributed by atoms with E-state index in [2.05, 4.69) is 10.3 Å². The van der Waals surface area contributed by atoms with Gasteiger partial charge >= 0.3 is 0 Å². The molecular weight excluding hydrogens is 450 g/mol. The molecule has 1 N–H and O–H groups in total. The van der Waals surface area contributed by atoms with Crippen LogP contribution in [0, 0.1) is 5.92 Å². The van der Waals surface area contributed by atoms with Crippen molar-refractivity contribution in [1.82, 2.24) is 4.98 Å². The molecule has 1 saturated heterocycles. The van der Waals surface area contributed by atoms with Crippen molar-refractivity contribution in [3.8, 4) is 11.5 Å². The number of methoxy groups -OCH3 is 2. The van der Waals surface area contributed by atoms with Crippen molar-refractivity contribution in [2.75, 3.05) is 31.0 Å². The van der Waals surface area contributed by atoms with Gasteiger partial charge in [0.15, 0.2) is 16.6 Å². The van der Waals surface area contributed by atoms with Crippen LogP contribution in [-0.2, 0) is 16.0 Å². The van der Waals surface area contributed by atoms with E-state index < -0.39 is 5.92 Å². The SMILES string of the molecule is COc1ccc(N2CC(C(=O)Nc3ncc(Cc4ccccc4Cl)s3)CC2=O)cc1OC. The number of carbonyl (C=O) groups is 2. The second kappa shape index (κ2) is 9.58. The quantitative estimate of drug-likeness (QED) is 0.552. The van der Waals surface area contributed by atoms with Gasteiger partial charge in [0, 0.05) is 47.2 Å². The van der Waals surface area contributed by atoms with E-state index in [-0.39, 0.29) is 24.8 Å². The van der Waals surface area contributed by atoms with Crippen LogP contribution >= 0.6 is 22.9 Å². The van der Waals surface area contributed by atoms with Crippen LogP contribution in [-0.4, -0.2) is 37.6 Å². The van der Waals surface area contributed by atoms with Gasteiger partial charge in [-0.25, -0.2) is 4.98 Å². The zero-order valence-corrected chi connectivity index (χ0v) is 19.2. The van der Waals surface area contributed by atoms with E-state index in [0.717, 1.165) is 10.4 Å². The van der Waals surface area contributed by atoms with E-state index >= 15 is 0 Å². The van der Waals surface area contributed by atoms with Gasteiger partial charge in [0.1, 0.15) is 0 Å². The standard InChI is InChI=1S/C23H22ClN3O4S/c1-30-19-8-7-16(11-20(19)31-2)27-13-15(10-21(27)28)22(29)26-23-25-12-17(32-23)9-14-5-3-4-6-18(14)24/h3-8,11-12,15H,9-10,13H2,1-2H3,(H,25,26,29). The van der Waals surface area contributed by atoms with Gasteiger partial charge in [-0.15, -0.1) is 11.3 Å². The lowest BCUT2D eigenvalue weighted by molar-refractivity contribution is -0.122. The lowest BCUT2D eigenvalue weighted by atomic mass is 10.1. The third-order valence-corrected chi connectivity index (χ3v) is 6.56. The molecule has 1 aromatic heterocycles. The highest BCUT2D eigenvalue weighted by molar-refractivity contribution is 7.15. The first-order chi connectivity index (χ1) is 15.5. The molecule has 4 rings (SSSR count). The number of ether oxygens (including phenoxy) is 2. The maximum absolute atomic E-state index is 12.8. The highest BCUT2D eigenvalue weighted by atomic mass is 35.5. The molecule has 0 bridgehead atoms. The van der Waals surface area contributed by atoms with Crippen molar-refractivity contribution < 1.29 is 19.1 Å². The van der Waals surface area contributed by atoms with E-state index in [1.54, 1.807) is 36.4 Å². The molecule has 0 saturated carbocycles. The van der Waals surface area contributed by atoms with Crippen molar-refractivity contribution >= 4 is 45.6 Å². The minimum atomic E-state index is -0.466. The van der Waals surface area contributed by atoms with Gasteiger partial charge in [-0.05, 0) is 23.8 Å². The fourth-order valence-electron chi connectivity index (χ4n) is 3.61. The Bertz CT molecular complexity index is 1150. The first kappa shape index (κ1) is 22.1. The fourth-order valence-corrected chi connectivity index (χ4v) is 4.65. The molecule has 2 amide bonds. The number of hydrogen-bond acceptors (Lipinski definition) is 6. The zero-order valence-electron chi connectivity index (χ0n) is 17.6. The van der Waals surface area contributed by atoms with Gasteiger partial charge < -0.3 is 19.7 Å². The van der Waals surface area contributed by atoms with E-state index in [9.17, 15) is 9.59 Å². The Kier molecular flexibility index (Phi) is 6.62. The van der Waals surface area contributed by atoms with Crippen LogP contribution in [0.5, 0.6) is 11.5 Å². The van der Waals surface area contributed by atoms with E-state index in [0.29, 0.717) is 33.8 Å². The smallest absolute Gasteiger partial charge is 0.231 e. The summed E-state index contributed by atoms with van der Waals surface area (Å²) >= 11 is 7.63. The van der Waals surface area contributed by atoms with Crippen molar-refractivity contribution in [2.45, 2.75) is 12.8 Å². The maximum atomic E-state index is 12.8. The summed E-state index contributed by atoms with van der Waals surface area (Å²) in [5, 5.41) is 4.06. The first-order valence-corrected chi connectivity index (χ1v) is 11.2. The predicted octanol–water partition coefficient (Wildman–Crippen LogP) is 4.40. The number of nitrogens with zero attached hydrogens (tertiary/aromatic N) is 2. The van der Waals surface area contributed by atoms with Crippen LogP contribution in [0.2, 0.25) is 5.02 Å². The summed E-state index contributed by atoms with van der Waals surface area (Å²) in [7, 11) is 3.09. The molecule has 1 aliphatic rings. The number of benzene rings is 2. The molecule has 1 aliphatic heterocycles. The molecule has 2 aromatic carbocycles. The Morgan fingerprint density at radius 1 is 1.22 bits per heavy atom. The number of aromatic nitrogens is 1. The molecule has 166 valence electrons. The molecule has 1 atom stereocenters. The maximum Gasteiger partial charge on any atom is 0.231 e. The second-order valence-corrected chi connectivity index (χ2v) is 8.86. The molecule has 1 fully saturated rings. The summed E-state index contributed by atoms with van der Waals surface area (Å²) in [4.78, 5) is 32.3. The van der Waals surface area contributed by atoms with Crippen LogP contribution < -0.4 is 19.7 Å². The van der Waals surface area contributed by atoms with Crippen molar-refractivity contribution in [3.63, 3.8) is 0 Å². The summed E-state index contributed by atoms with van der Waals surface area (Å²) in [6.07, 6.45) is 2.51. The van der Waals surface area contributed by atoms with Gasteiger partial charge in [0.25, 0.3) is 0 Å². The molecule has 2 heterocycles. The average Bonchev–Trinajstić information content (AvgIpc) is 3.41. The number of rotatable bonds is 7. The van der Waals surface area contributed by atoms with Gasteiger partial charge in [-0.1, -0.05) is 29.8 Å². The molecule has 3 aromatic rings. The second-order valence-electron chi connectivity index (χ2n) is 7.33. The van der Waals surface area contributed by atoms with Crippen LogP contribution in [0.1, 0.15) is 16.9 Å². The van der Waals surface area contributed by atoms with E-state index in [4.69, 9.17) is 21.1 Å². The summed E-state index contributed by atoms with van der Waals surface area (Å²) < 4.78 is 10.6. The first-order valence-electron chi connectivity index (χ1n) is 10.00. The molecule has 0 spiro atoms. The predicted molar refractivity (Wildman–Crippen MR) is 125 cm³/mol. The number of anilines is 2. The Morgan fingerprint density at radius 2 is 2.00 bits per heavy atom. The van der Waals surface area contributed by atoms with Gasteiger partial charge in [0.05, 0.1) is 20.1 Å². The Hall–Kier alpha value is -3.10. The number of amides is 2. The highest BCUT2D eigenvalue weighted by Gasteiger charge is 2.35. The van der Waals surface area contributed by atoms with Gasteiger partial charge in [-0.3, -0.25) is 9.59 Å². The monoisotopic (exact) mass is 471 g/mol. The Labute approximate surface area is 194 Å². The van der Waals surface area contributed by atoms with Crippen LogP contribution in [0.15, 0.2) is 48.7 Å². The normalized spacial score (nSPS) is 15.7. The zero-order chi connectivity index (χ0) is 22.7. The topological polar surface area (TPSA) is 80.8 Å². The minimum absolute atomic E-state index is 0.115. The van der Waals surface area contributed by atoms with E-state index in [1.807, 2.05) is 24.3 Å². The van der Waals surface area contributed by atoms with Crippen molar-refractivity contribution in [2.24, 2.45) is 5.92 Å². The molecule has 0 radical (unpaired) electrons. The molecular formula is C23H22ClN3O4S. The summed E-state index contributed by atoms with van der Waals surface area (Å²) in [6.45, 7) is 0.290. The summed E-state index contributed by atoms with van der Waals surface area (Å²) in [5.41, 5.74) is 1.67. The molecule has 32 heavy (non-hydrogen) atoms. The average molecular weight is 472 g/mol. The number of halogens is 1. The van der Waals surface area contributed by atoms with Crippen molar-refractivity contribution in [1.29, 1.82) is 0 Å². The largest absolute Gasteiger partial charge is 0.493 e. The lowest BCUT2D eigenvalue weighted by Gasteiger charge is -2.18. The third kappa shape index (κ3) is 4.71. The molecule has 9 heteroatoms. The summed E-state index contributed by atoms with van der Waals surface area (Å²) in [5.74, 6) is 0.301. The lowest BCUT2D eigenvalue weighted by Crippen LogP contribution is -2.28. The van der Waals surface area contributed by atoms with Crippen LogP contribution in [0.25, 0.3) is 0 Å². The van der Waals surface area contributed by atoms with Gasteiger partial charge in [0.2, 0.25) is 11.8 Å². The Morgan fingerprint density at radius 3 is 2.75 bits per heavy atom. The van der Waals surface area contributed by atoms with E-state index in [1.165, 1.54) is 18.4 Å². The molecule has 7 nitrogen and oxygen atoms in total. The number of hydrogen-bond donors (Lipinski definition) is 1. The third-order valence-electron chi connectivity index (χ3n) is 5.28. The fraction of sp³-hybridized carbons (Fsp3) is 0.261. The molecule has 0 aliphatic carbocycles.